The number of carbonyl (C=O) groups excluding carboxylic acids is 4. The monoisotopic (exact) mass is 1110 g/mol. The standard InChI is InChI=1S/C72H107NO8/c1-5-9-13-17-21-25-29-33-37-41-49-78-69(74)57-47-45-55-56-46-48-58(70(75)79-50-42-38-34-30-26-22-18-14-10-6-2)64-60(72(77)81-52-44-40-36-32-28-24-20-16-12-8-4)54-62-68(66(56)64)67-61(73-62)53-59(63(57)65(55)67)71(76)80-51-43-39-35-31-27-23-19-15-11-7-3/h45-48,53-54,73H,5-44,49-52H2,1-4H3. The number of carbonyl (C=O) groups is 4. The lowest BCUT2D eigenvalue weighted by Gasteiger charge is -2.19. The molecule has 0 bridgehead atoms. The van der Waals surface area contributed by atoms with E-state index < -0.39 is 23.9 Å². The summed E-state index contributed by atoms with van der Waals surface area (Å²) in [5.74, 6) is -1.91. The first-order valence-corrected chi connectivity index (χ1v) is 33.6. The average molecular weight is 1110 g/mol. The summed E-state index contributed by atoms with van der Waals surface area (Å²) in [6.45, 7) is 10.2. The van der Waals surface area contributed by atoms with E-state index in [0.717, 1.165) is 109 Å². The van der Waals surface area contributed by atoms with Gasteiger partial charge in [-0.2, -0.15) is 0 Å². The second-order valence-electron chi connectivity index (χ2n) is 23.9. The number of unbranched alkanes of at least 4 members (excludes halogenated alkanes) is 36. The molecule has 81 heavy (non-hydrogen) atoms. The fourth-order valence-electron chi connectivity index (χ4n) is 12.4. The van der Waals surface area contributed by atoms with E-state index in [1.165, 1.54) is 180 Å². The predicted molar refractivity (Wildman–Crippen MR) is 339 cm³/mol. The van der Waals surface area contributed by atoms with Crippen molar-refractivity contribution in [3.8, 4) is 0 Å². The molecular formula is C72H107NO8. The molecule has 0 radical (unpaired) electrons. The minimum atomic E-state index is -0.486. The number of benzene rings is 5. The minimum Gasteiger partial charge on any atom is -0.462 e. The molecule has 0 unspecified atom stereocenters. The number of fused-ring (bicyclic) bond motifs is 1. The zero-order chi connectivity index (χ0) is 57.3. The van der Waals surface area contributed by atoms with Gasteiger partial charge in [0.05, 0.1) is 48.7 Å². The first kappa shape index (κ1) is 65.2. The Balaban J connectivity index is 1.28. The predicted octanol–water partition coefficient (Wildman–Crippen LogP) is 22.0. The van der Waals surface area contributed by atoms with Crippen molar-refractivity contribution >= 4 is 78.0 Å². The number of esters is 4. The fraction of sp³-hybridized carbons (Fsp3) is 0.667. The van der Waals surface area contributed by atoms with Crippen LogP contribution < -0.4 is 0 Å². The molecule has 1 heterocycles. The normalized spacial score (nSPS) is 11.9. The molecule has 0 fully saturated rings. The summed E-state index contributed by atoms with van der Waals surface area (Å²) in [6, 6.07) is 11.1. The van der Waals surface area contributed by atoms with Gasteiger partial charge in [0.25, 0.3) is 0 Å². The Morgan fingerprint density at radius 3 is 0.741 bits per heavy atom. The molecule has 448 valence electrons. The molecule has 0 saturated heterocycles. The Hall–Kier alpha value is -4.92. The molecule has 0 saturated carbocycles. The lowest BCUT2D eigenvalue weighted by molar-refractivity contribution is 0.0483. The summed E-state index contributed by atoms with van der Waals surface area (Å²) in [7, 11) is 0. The number of nitrogens with one attached hydrogen (secondary N) is 1. The Morgan fingerprint density at radius 2 is 0.494 bits per heavy atom. The van der Waals surface area contributed by atoms with Gasteiger partial charge in [-0.25, -0.2) is 19.2 Å². The summed E-state index contributed by atoms with van der Waals surface area (Å²) in [5, 5.41) is 5.74. The van der Waals surface area contributed by atoms with Crippen LogP contribution in [0.15, 0.2) is 36.4 Å². The smallest absolute Gasteiger partial charge is 0.338 e. The van der Waals surface area contributed by atoms with Crippen molar-refractivity contribution in [3.05, 3.63) is 58.7 Å². The molecule has 0 spiro atoms. The molecule has 0 amide bonds. The third-order valence-electron chi connectivity index (χ3n) is 17.2. The Bertz CT molecular complexity index is 2550. The van der Waals surface area contributed by atoms with Gasteiger partial charge < -0.3 is 23.9 Å². The highest BCUT2D eigenvalue weighted by Crippen LogP contribution is 2.49. The van der Waals surface area contributed by atoms with Crippen molar-refractivity contribution in [2.24, 2.45) is 0 Å². The zero-order valence-electron chi connectivity index (χ0n) is 51.3. The van der Waals surface area contributed by atoms with Gasteiger partial charge in [-0.3, -0.25) is 0 Å². The number of aromatic amines is 1. The first-order chi connectivity index (χ1) is 39.9. The number of hydrogen-bond acceptors (Lipinski definition) is 8. The molecule has 6 aromatic rings. The van der Waals surface area contributed by atoms with Gasteiger partial charge in [-0.1, -0.05) is 271 Å². The molecule has 1 N–H and O–H groups in total. The number of aromatic nitrogens is 1. The molecule has 0 aliphatic rings. The van der Waals surface area contributed by atoms with Gasteiger partial charge in [-0.05, 0) is 60.7 Å². The quantitative estimate of drug-likeness (QED) is 0.0132. The van der Waals surface area contributed by atoms with Gasteiger partial charge in [0.1, 0.15) is 0 Å². The summed E-state index contributed by atoms with van der Waals surface area (Å²) < 4.78 is 24.3. The molecule has 0 atom stereocenters. The van der Waals surface area contributed by atoms with Crippen LogP contribution >= 0.6 is 0 Å². The van der Waals surface area contributed by atoms with Crippen LogP contribution in [-0.4, -0.2) is 55.3 Å². The van der Waals surface area contributed by atoms with Crippen LogP contribution in [0.1, 0.15) is 326 Å². The van der Waals surface area contributed by atoms with Gasteiger partial charge in [0, 0.05) is 43.4 Å². The summed E-state index contributed by atoms with van der Waals surface area (Å²) in [6.07, 6.45) is 47.0. The summed E-state index contributed by atoms with van der Waals surface area (Å²) in [5.41, 5.74) is 2.59. The number of ether oxygens (including phenoxy) is 4. The van der Waals surface area contributed by atoms with Gasteiger partial charge in [0.2, 0.25) is 0 Å². The Kier molecular flexibility index (Phi) is 30.6. The maximum atomic E-state index is 14.6. The largest absolute Gasteiger partial charge is 0.462 e. The third-order valence-corrected chi connectivity index (χ3v) is 17.2. The fourth-order valence-corrected chi connectivity index (χ4v) is 12.4. The Labute approximate surface area is 488 Å². The molecule has 6 rings (SSSR count). The summed E-state index contributed by atoms with van der Waals surface area (Å²) >= 11 is 0. The molecular weight excluding hydrogens is 1010 g/mol. The van der Waals surface area contributed by atoms with Crippen LogP contribution in [0, 0.1) is 0 Å². The van der Waals surface area contributed by atoms with Crippen molar-refractivity contribution in [1.82, 2.24) is 4.98 Å². The molecule has 0 aliphatic carbocycles. The minimum absolute atomic E-state index is 0.284. The van der Waals surface area contributed by atoms with Gasteiger partial charge >= 0.3 is 23.9 Å². The topological polar surface area (TPSA) is 121 Å². The molecule has 9 heteroatoms. The number of hydrogen-bond donors (Lipinski definition) is 1. The SMILES string of the molecule is CCCCCCCCCCCCOC(=O)c1ccc2c3ccc(C(=O)OCCCCCCCCCCCC)c4c(C(=O)OCCCCCCCCCCCC)cc5[nH]c6cc(C(=O)OCCCCCCCCCCCC)c1c2c6c5c43. The van der Waals surface area contributed by atoms with Crippen molar-refractivity contribution in [2.45, 2.75) is 285 Å². The van der Waals surface area contributed by atoms with Gasteiger partial charge in [0.15, 0.2) is 0 Å². The van der Waals surface area contributed by atoms with E-state index in [2.05, 4.69) is 32.7 Å². The highest BCUT2D eigenvalue weighted by atomic mass is 16.5. The third kappa shape index (κ3) is 20.1. The van der Waals surface area contributed by atoms with E-state index >= 15 is 0 Å². The lowest BCUT2D eigenvalue weighted by Crippen LogP contribution is -2.13. The molecule has 9 nitrogen and oxygen atoms in total. The van der Waals surface area contributed by atoms with E-state index in [1.54, 1.807) is 12.1 Å². The van der Waals surface area contributed by atoms with E-state index in [4.69, 9.17) is 18.9 Å². The number of H-pyrrole nitrogens is 1. The zero-order valence-corrected chi connectivity index (χ0v) is 51.3. The van der Waals surface area contributed by atoms with E-state index in [-0.39, 0.29) is 13.2 Å². The first-order valence-electron chi connectivity index (χ1n) is 33.6. The van der Waals surface area contributed by atoms with Crippen LogP contribution in [0.5, 0.6) is 0 Å². The maximum absolute atomic E-state index is 14.6. The second kappa shape index (κ2) is 38.0. The van der Waals surface area contributed by atoms with Crippen LogP contribution in [-0.2, 0) is 18.9 Å². The van der Waals surface area contributed by atoms with Crippen LogP contribution in [0.3, 0.4) is 0 Å². The number of rotatable bonds is 48. The molecule has 5 aromatic carbocycles. The molecule has 1 aromatic heterocycles. The van der Waals surface area contributed by atoms with Crippen molar-refractivity contribution in [2.75, 3.05) is 26.4 Å². The average Bonchev–Trinajstić information content (AvgIpc) is 4.10. The summed E-state index contributed by atoms with van der Waals surface area (Å²) in [4.78, 5) is 61.5. The Morgan fingerprint density at radius 1 is 0.272 bits per heavy atom. The van der Waals surface area contributed by atoms with Crippen LogP contribution in [0.25, 0.3) is 54.1 Å². The second-order valence-corrected chi connectivity index (χ2v) is 23.9. The van der Waals surface area contributed by atoms with E-state index in [0.29, 0.717) is 57.3 Å². The van der Waals surface area contributed by atoms with E-state index in [9.17, 15) is 19.2 Å². The van der Waals surface area contributed by atoms with E-state index in [1.807, 2.05) is 24.3 Å². The maximum Gasteiger partial charge on any atom is 0.338 e. The van der Waals surface area contributed by atoms with Crippen LogP contribution in [0.4, 0.5) is 0 Å². The molecule has 0 aliphatic heterocycles. The highest BCUT2D eigenvalue weighted by molar-refractivity contribution is 6.44. The van der Waals surface area contributed by atoms with Gasteiger partial charge in [-0.15, -0.1) is 0 Å². The van der Waals surface area contributed by atoms with Crippen molar-refractivity contribution < 1.29 is 38.1 Å². The van der Waals surface area contributed by atoms with Crippen molar-refractivity contribution in [3.63, 3.8) is 0 Å². The lowest BCUT2D eigenvalue weighted by atomic mass is 9.84. The van der Waals surface area contributed by atoms with Crippen LogP contribution in [0.2, 0.25) is 0 Å². The van der Waals surface area contributed by atoms with Crippen molar-refractivity contribution in [1.29, 1.82) is 0 Å². The highest BCUT2D eigenvalue weighted by Gasteiger charge is 2.31.